The number of aryl methyl sites for hydroxylation is 1. The van der Waals surface area contributed by atoms with Crippen molar-refractivity contribution < 1.29 is 4.42 Å². The molecule has 0 saturated carbocycles. The molecule has 1 atom stereocenters. The molecule has 0 aliphatic heterocycles. The fourth-order valence-corrected chi connectivity index (χ4v) is 2.76. The van der Waals surface area contributed by atoms with Crippen molar-refractivity contribution in [1.29, 1.82) is 0 Å². The number of oxazole rings is 1. The number of nitrogens with one attached hydrogen (secondary N) is 2. The number of aromatic amines is 1. The van der Waals surface area contributed by atoms with Crippen LogP contribution >= 0.6 is 11.3 Å². The molecular weight excluding hydrogens is 272 g/mol. The molecule has 0 amide bonds. The maximum atomic E-state index is 5.52. The Balaban J connectivity index is 1.69. The lowest BCUT2D eigenvalue weighted by molar-refractivity contribution is 0.402. The summed E-state index contributed by atoms with van der Waals surface area (Å²) < 4.78 is 5.52. The van der Waals surface area contributed by atoms with Crippen molar-refractivity contribution in [3.63, 3.8) is 0 Å². The largest absolute Gasteiger partial charge is 0.444 e. The van der Waals surface area contributed by atoms with Gasteiger partial charge in [0.05, 0.1) is 29.0 Å². The predicted molar refractivity (Wildman–Crippen MR) is 78.4 cm³/mol. The summed E-state index contributed by atoms with van der Waals surface area (Å²) in [5, 5.41) is 12.7. The Morgan fingerprint density at radius 2 is 2.35 bits per heavy atom. The molecule has 0 fully saturated rings. The highest BCUT2D eigenvalue weighted by molar-refractivity contribution is 7.13. The molecule has 0 saturated heterocycles. The molecule has 5 nitrogen and oxygen atoms in total. The molecule has 0 spiro atoms. The molecule has 0 bridgehead atoms. The van der Waals surface area contributed by atoms with E-state index in [1.165, 1.54) is 4.88 Å². The smallest absolute Gasteiger partial charge is 0.211 e. The summed E-state index contributed by atoms with van der Waals surface area (Å²) in [6, 6.07) is 4.19. The highest BCUT2D eigenvalue weighted by Crippen LogP contribution is 2.26. The fourth-order valence-electron chi connectivity index (χ4n) is 2.00. The summed E-state index contributed by atoms with van der Waals surface area (Å²) in [7, 11) is 0. The third-order valence-corrected chi connectivity index (χ3v) is 3.98. The number of nitrogens with zero attached hydrogens (tertiary/aromatic N) is 2. The SMILES string of the molecule is Cc1cnc(C(C)NCc2cn[nH]c2-c2cccs2)o1. The van der Waals surface area contributed by atoms with Gasteiger partial charge in [0.2, 0.25) is 5.89 Å². The Hall–Kier alpha value is -1.92. The van der Waals surface area contributed by atoms with E-state index in [1.54, 1.807) is 17.5 Å². The quantitative estimate of drug-likeness (QED) is 0.756. The van der Waals surface area contributed by atoms with E-state index in [0.29, 0.717) is 12.4 Å². The van der Waals surface area contributed by atoms with E-state index in [4.69, 9.17) is 4.42 Å². The first-order valence-corrected chi connectivity index (χ1v) is 7.34. The summed E-state index contributed by atoms with van der Waals surface area (Å²) in [5.41, 5.74) is 2.21. The van der Waals surface area contributed by atoms with Gasteiger partial charge in [0.15, 0.2) is 0 Å². The molecule has 3 heterocycles. The third kappa shape index (κ3) is 2.66. The zero-order chi connectivity index (χ0) is 13.9. The van der Waals surface area contributed by atoms with E-state index >= 15 is 0 Å². The molecule has 0 aromatic carbocycles. The lowest BCUT2D eigenvalue weighted by Gasteiger charge is -2.10. The van der Waals surface area contributed by atoms with Gasteiger partial charge in [-0.15, -0.1) is 11.3 Å². The van der Waals surface area contributed by atoms with Crippen molar-refractivity contribution in [1.82, 2.24) is 20.5 Å². The van der Waals surface area contributed by atoms with Crippen LogP contribution in [-0.2, 0) is 6.54 Å². The second kappa shape index (κ2) is 5.60. The summed E-state index contributed by atoms with van der Waals surface area (Å²) in [5.74, 6) is 1.54. The first-order valence-electron chi connectivity index (χ1n) is 6.46. The van der Waals surface area contributed by atoms with Gasteiger partial charge in [0.1, 0.15) is 5.76 Å². The van der Waals surface area contributed by atoms with E-state index < -0.39 is 0 Å². The molecule has 0 radical (unpaired) electrons. The van der Waals surface area contributed by atoms with Crippen LogP contribution in [0, 0.1) is 6.92 Å². The van der Waals surface area contributed by atoms with Crippen LogP contribution in [0.3, 0.4) is 0 Å². The van der Waals surface area contributed by atoms with Crippen LogP contribution in [-0.4, -0.2) is 15.2 Å². The number of hydrogen-bond acceptors (Lipinski definition) is 5. The van der Waals surface area contributed by atoms with Crippen molar-refractivity contribution >= 4 is 11.3 Å². The number of aromatic nitrogens is 3. The van der Waals surface area contributed by atoms with Gasteiger partial charge in [-0.1, -0.05) is 6.07 Å². The Labute approximate surface area is 121 Å². The summed E-state index contributed by atoms with van der Waals surface area (Å²) >= 11 is 1.70. The molecule has 6 heteroatoms. The normalized spacial score (nSPS) is 12.7. The zero-order valence-electron chi connectivity index (χ0n) is 11.4. The van der Waals surface area contributed by atoms with Gasteiger partial charge in [-0.3, -0.25) is 5.10 Å². The monoisotopic (exact) mass is 288 g/mol. The Bertz CT molecular complexity index is 671. The topological polar surface area (TPSA) is 66.7 Å². The van der Waals surface area contributed by atoms with Crippen LogP contribution in [0.1, 0.15) is 30.2 Å². The Morgan fingerprint density at radius 1 is 1.45 bits per heavy atom. The lowest BCUT2D eigenvalue weighted by atomic mass is 10.2. The molecular formula is C14H16N4OS. The summed E-state index contributed by atoms with van der Waals surface area (Å²) in [6.07, 6.45) is 3.60. The van der Waals surface area contributed by atoms with Gasteiger partial charge in [-0.05, 0) is 25.3 Å². The van der Waals surface area contributed by atoms with Crippen LogP contribution in [0.4, 0.5) is 0 Å². The molecule has 0 aliphatic rings. The van der Waals surface area contributed by atoms with Crippen molar-refractivity contribution in [2.45, 2.75) is 26.4 Å². The van der Waals surface area contributed by atoms with E-state index in [9.17, 15) is 0 Å². The third-order valence-electron chi connectivity index (χ3n) is 3.09. The van der Waals surface area contributed by atoms with Crippen LogP contribution < -0.4 is 5.32 Å². The van der Waals surface area contributed by atoms with Crippen LogP contribution in [0.15, 0.2) is 34.3 Å². The Kier molecular flexibility index (Phi) is 3.66. The molecule has 0 aliphatic carbocycles. The van der Waals surface area contributed by atoms with Gasteiger partial charge < -0.3 is 9.73 Å². The second-order valence-corrected chi connectivity index (χ2v) is 5.61. The van der Waals surface area contributed by atoms with Crippen LogP contribution in [0.25, 0.3) is 10.6 Å². The van der Waals surface area contributed by atoms with Crippen LogP contribution in [0.2, 0.25) is 0 Å². The first kappa shape index (κ1) is 13.1. The van der Waals surface area contributed by atoms with E-state index in [2.05, 4.69) is 31.9 Å². The van der Waals surface area contributed by atoms with Crippen LogP contribution in [0.5, 0.6) is 0 Å². The number of rotatable bonds is 5. The molecule has 3 rings (SSSR count). The second-order valence-electron chi connectivity index (χ2n) is 4.66. The average molecular weight is 288 g/mol. The summed E-state index contributed by atoms with van der Waals surface area (Å²) in [6.45, 7) is 4.65. The summed E-state index contributed by atoms with van der Waals surface area (Å²) in [4.78, 5) is 5.43. The molecule has 2 N–H and O–H groups in total. The lowest BCUT2D eigenvalue weighted by Crippen LogP contribution is -2.18. The minimum Gasteiger partial charge on any atom is -0.444 e. The van der Waals surface area contributed by atoms with E-state index in [-0.39, 0.29) is 6.04 Å². The van der Waals surface area contributed by atoms with Gasteiger partial charge in [0, 0.05) is 12.1 Å². The van der Waals surface area contributed by atoms with Crippen molar-refractivity contribution in [3.8, 4) is 10.6 Å². The number of thiophene rings is 1. The maximum absolute atomic E-state index is 5.52. The fraction of sp³-hybridized carbons (Fsp3) is 0.286. The molecule has 3 aromatic heterocycles. The average Bonchev–Trinajstić information content (AvgIpc) is 3.16. The zero-order valence-corrected chi connectivity index (χ0v) is 12.2. The number of H-pyrrole nitrogens is 1. The van der Waals surface area contributed by atoms with Crippen molar-refractivity contribution in [2.75, 3.05) is 0 Å². The van der Waals surface area contributed by atoms with Gasteiger partial charge in [-0.25, -0.2) is 4.98 Å². The molecule has 3 aromatic rings. The standard InChI is InChI=1S/C14H16N4OS/c1-9-6-16-14(19-9)10(2)15-7-11-8-17-18-13(11)12-4-3-5-20-12/h3-6,8,10,15H,7H2,1-2H3,(H,17,18). The van der Waals surface area contributed by atoms with E-state index in [0.717, 1.165) is 17.0 Å². The van der Waals surface area contributed by atoms with Gasteiger partial charge in [-0.2, -0.15) is 5.10 Å². The van der Waals surface area contributed by atoms with E-state index in [1.807, 2.05) is 26.1 Å². The highest BCUT2D eigenvalue weighted by atomic mass is 32.1. The molecule has 104 valence electrons. The van der Waals surface area contributed by atoms with Crippen molar-refractivity contribution in [2.24, 2.45) is 0 Å². The first-order chi connectivity index (χ1) is 9.74. The highest BCUT2D eigenvalue weighted by Gasteiger charge is 2.13. The number of hydrogen-bond donors (Lipinski definition) is 2. The molecule has 1 unspecified atom stereocenters. The van der Waals surface area contributed by atoms with Gasteiger partial charge in [0.25, 0.3) is 0 Å². The van der Waals surface area contributed by atoms with Gasteiger partial charge >= 0.3 is 0 Å². The van der Waals surface area contributed by atoms with Crippen molar-refractivity contribution in [3.05, 3.63) is 47.1 Å². The Morgan fingerprint density at radius 3 is 3.05 bits per heavy atom. The molecule has 20 heavy (non-hydrogen) atoms. The minimum absolute atomic E-state index is 0.0646. The maximum Gasteiger partial charge on any atom is 0.211 e. The minimum atomic E-state index is 0.0646. The predicted octanol–water partition coefficient (Wildman–Crippen LogP) is 3.29.